The van der Waals surface area contributed by atoms with Crippen LogP contribution >= 0.6 is 0 Å². The predicted octanol–water partition coefficient (Wildman–Crippen LogP) is 2.11. The second-order valence-corrected chi connectivity index (χ2v) is 7.17. The number of carbonyl (C=O) groups is 1. The molecule has 1 heterocycles. The largest absolute Gasteiger partial charge is 0.377 e. The fourth-order valence-corrected chi connectivity index (χ4v) is 4.46. The summed E-state index contributed by atoms with van der Waals surface area (Å²) in [5, 5.41) is 3.48. The van der Waals surface area contributed by atoms with Gasteiger partial charge in [-0.25, -0.2) is 0 Å². The zero-order chi connectivity index (χ0) is 14.1. The summed E-state index contributed by atoms with van der Waals surface area (Å²) in [5.41, 5.74) is 5.79. The summed E-state index contributed by atoms with van der Waals surface area (Å²) in [6.07, 6.45) is 12.1. The third-order valence-corrected chi connectivity index (χ3v) is 5.99. The van der Waals surface area contributed by atoms with Crippen molar-refractivity contribution in [2.75, 3.05) is 13.2 Å². The van der Waals surface area contributed by atoms with Crippen molar-refractivity contribution in [2.45, 2.75) is 75.9 Å². The summed E-state index contributed by atoms with van der Waals surface area (Å²) in [7, 11) is 0. The molecule has 4 nitrogen and oxygen atoms in total. The highest BCUT2D eigenvalue weighted by Gasteiger charge is 2.46. The molecule has 0 aromatic carbocycles. The predicted molar refractivity (Wildman–Crippen MR) is 78.3 cm³/mol. The van der Waals surface area contributed by atoms with E-state index in [1.165, 1.54) is 25.7 Å². The zero-order valence-corrected chi connectivity index (χ0v) is 12.5. The SMILES string of the molecule is NC(=O)C1(NCC2CCCO2)CCC2(CCCC2)CC1. The van der Waals surface area contributed by atoms with Gasteiger partial charge in [-0.1, -0.05) is 12.8 Å². The number of ether oxygens (including phenoxy) is 1. The molecule has 20 heavy (non-hydrogen) atoms. The van der Waals surface area contributed by atoms with Gasteiger partial charge in [-0.15, -0.1) is 0 Å². The van der Waals surface area contributed by atoms with Crippen LogP contribution < -0.4 is 11.1 Å². The minimum atomic E-state index is -0.472. The van der Waals surface area contributed by atoms with Gasteiger partial charge in [0.05, 0.1) is 11.6 Å². The number of nitrogens with two attached hydrogens (primary N) is 1. The molecule has 0 radical (unpaired) electrons. The number of hydrogen-bond donors (Lipinski definition) is 2. The van der Waals surface area contributed by atoms with Gasteiger partial charge in [-0.3, -0.25) is 4.79 Å². The molecule has 114 valence electrons. The molecule has 2 aliphatic carbocycles. The Morgan fingerprint density at radius 2 is 1.80 bits per heavy atom. The molecule has 1 aliphatic heterocycles. The summed E-state index contributed by atoms with van der Waals surface area (Å²) in [6.45, 7) is 1.63. The standard InChI is InChI=1S/C16H28N2O2/c17-14(19)16(18-12-13-4-3-11-20-13)9-7-15(8-10-16)5-1-2-6-15/h13,18H,1-12H2,(H2,17,19). The van der Waals surface area contributed by atoms with Crippen LogP contribution in [-0.2, 0) is 9.53 Å². The van der Waals surface area contributed by atoms with E-state index >= 15 is 0 Å². The minimum absolute atomic E-state index is 0.164. The van der Waals surface area contributed by atoms with Crippen LogP contribution in [0.1, 0.15) is 64.2 Å². The molecule has 3 fully saturated rings. The molecular formula is C16H28N2O2. The lowest BCUT2D eigenvalue weighted by Crippen LogP contribution is -2.59. The second kappa shape index (κ2) is 5.64. The van der Waals surface area contributed by atoms with Crippen molar-refractivity contribution in [1.82, 2.24) is 5.32 Å². The van der Waals surface area contributed by atoms with Crippen molar-refractivity contribution < 1.29 is 9.53 Å². The normalized spacial score (nSPS) is 31.7. The van der Waals surface area contributed by atoms with Gasteiger partial charge in [-0.05, 0) is 56.8 Å². The zero-order valence-electron chi connectivity index (χ0n) is 12.5. The van der Waals surface area contributed by atoms with Crippen molar-refractivity contribution in [3.63, 3.8) is 0 Å². The van der Waals surface area contributed by atoms with E-state index in [0.29, 0.717) is 5.41 Å². The Balaban J connectivity index is 1.59. The molecule has 1 spiro atoms. The van der Waals surface area contributed by atoms with Gasteiger partial charge < -0.3 is 15.8 Å². The van der Waals surface area contributed by atoms with E-state index in [0.717, 1.165) is 51.7 Å². The van der Waals surface area contributed by atoms with E-state index in [9.17, 15) is 4.79 Å². The van der Waals surface area contributed by atoms with Crippen LogP contribution in [-0.4, -0.2) is 30.7 Å². The topological polar surface area (TPSA) is 64.4 Å². The molecule has 1 amide bonds. The van der Waals surface area contributed by atoms with Crippen molar-refractivity contribution in [1.29, 1.82) is 0 Å². The highest BCUT2D eigenvalue weighted by Crippen LogP contribution is 2.51. The van der Waals surface area contributed by atoms with Crippen molar-refractivity contribution in [3.05, 3.63) is 0 Å². The number of hydrogen-bond acceptors (Lipinski definition) is 3. The number of carbonyl (C=O) groups excluding carboxylic acids is 1. The molecule has 3 aliphatic rings. The van der Waals surface area contributed by atoms with Crippen LogP contribution in [0.15, 0.2) is 0 Å². The molecular weight excluding hydrogens is 252 g/mol. The number of nitrogens with one attached hydrogen (secondary N) is 1. The summed E-state index contributed by atoms with van der Waals surface area (Å²) in [4.78, 5) is 12.0. The first-order valence-electron chi connectivity index (χ1n) is 8.31. The molecule has 2 saturated carbocycles. The van der Waals surface area contributed by atoms with Gasteiger partial charge >= 0.3 is 0 Å². The van der Waals surface area contributed by atoms with Gasteiger partial charge in [0, 0.05) is 13.2 Å². The van der Waals surface area contributed by atoms with E-state index in [1.807, 2.05) is 0 Å². The summed E-state index contributed by atoms with van der Waals surface area (Å²) < 4.78 is 5.65. The third kappa shape index (κ3) is 2.73. The highest BCUT2D eigenvalue weighted by molar-refractivity contribution is 5.84. The number of primary amides is 1. The Labute approximate surface area is 121 Å². The van der Waals surface area contributed by atoms with Crippen LogP contribution in [0.4, 0.5) is 0 Å². The molecule has 3 rings (SSSR count). The molecule has 0 aromatic heterocycles. The number of rotatable bonds is 4. The lowest BCUT2D eigenvalue weighted by Gasteiger charge is -2.44. The molecule has 0 aromatic rings. The van der Waals surface area contributed by atoms with Crippen LogP contribution in [0.25, 0.3) is 0 Å². The Kier molecular flexibility index (Phi) is 4.04. The Bertz CT molecular complexity index is 342. The number of amides is 1. The smallest absolute Gasteiger partial charge is 0.237 e. The van der Waals surface area contributed by atoms with Crippen molar-refractivity contribution >= 4 is 5.91 Å². The maximum atomic E-state index is 12.0. The van der Waals surface area contributed by atoms with Crippen molar-refractivity contribution in [2.24, 2.45) is 11.1 Å². The molecule has 3 N–H and O–H groups in total. The van der Waals surface area contributed by atoms with Gasteiger partial charge in [0.1, 0.15) is 0 Å². The molecule has 1 saturated heterocycles. The highest BCUT2D eigenvalue weighted by atomic mass is 16.5. The maximum absolute atomic E-state index is 12.0. The lowest BCUT2D eigenvalue weighted by atomic mass is 9.66. The van der Waals surface area contributed by atoms with E-state index in [-0.39, 0.29) is 12.0 Å². The van der Waals surface area contributed by atoms with E-state index in [4.69, 9.17) is 10.5 Å². The minimum Gasteiger partial charge on any atom is -0.377 e. The fraction of sp³-hybridized carbons (Fsp3) is 0.938. The monoisotopic (exact) mass is 280 g/mol. The summed E-state index contributed by atoms with van der Waals surface area (Å²) in [6, 6.07) is 0. The van der Waals surface area contributed by atoms with E-state index in [2.05, 4.69) is 5.32 Å². The van der Waals surface area contributed by atoms with Crippen LogP contribution in [0, 0.1) is 5.41 Å². The van der Waals surface area contributed by atoms with E-state index < -0.39 is 5.54 Å². The second-order valence-electron chi connectivity index (χ2n) is 7.17. The fourth-order valence-electron chi connectivity index (χ4n) is 4.46. The van der Waals surface area contributed by atoms with Crippen LogP contribution in [0.2, 0.25) is 0 Å². The summed E-state index contributed by atoms with van der Waals surface area (Å²) >= 11 is 0. The first-order chi connectivity index (χ1) is 9.64. The third-order valence-electron chi connectivity index (χ3n) is 5.99. The molecule has 4 heteroatoms. The Morgan fingerprint density at radius 1 is 1.10 bits per heavy atom. The first kappa shape index (κ1) is 14.3. The molecule has 0 bridgehead atoms. The quantitative estimate of drug-likeness (QED) is 0.829. The molecule has 1 atom stereocenters. The average Bonchev–Trinajstić information content (AvgIpc) is 3.10. The van der Waals surface area contributed by atoms with Gasteiger partial charge in [0.2, 0.25) is 5.91 Å². The van der Waals surface area contributed by atoms with Gasteiger partial charge in [0.15, 0.2) is 0 Å². The molecule has 1 unspecified atom stereocenters. The van der Waals surface area contributed by atoms with Crippen LogP contribution in [0.3, 0.4) is 0 Å². The maximum Gasteiger partial charge on any atom is 0.237 e. The van der Waals surface area contributed by atoms with E-state index in [1.54, 1.807) is 0 Å². The lowest BCUT2D eigenvalue weighted by molar-refractivity contribution is -0.127. The average molecular weight is 280 g/mol. The van der Waals surface area contributed by atoms with Gasteiger partial charge in [0.25, 0.3) is 0 Å². The Morgan fingerprint density at radius 3 is 2.35 bits per heavy atom. The Hall–Kier alpha value is -0.610. The summed E-state index contributed by atoms with van der Waals surface area (Å²) in [5.74, 6) is -0.164. The first-order valence-corrected chi connectivity index (χ1v) is 8.31. The van der Waals surface area contributed by atoms with Gasteiger partial charge in [-0.2, -0.15) is 0 Å². The van der Waals surface area contributed by atoms with Crippen LogP contribution in [0.5, 0.6) is 0 Å². The van der Waals surface area contributed by atoms with Crippen molar-refractivity contribution in [3.8, 4) is 0 Å².